The highest BCUT2D eigenvalue weighted by Crippen LogP contribution is 2.46. The average Bonchev–Trinajstić information content (AvgIpc) is 2.84. The summed E-state index contributed by atoms with van der Waals surface area (Å²) in [7, 11) is 1.61. The van der Waals surface area contributed by atoms with Crippen molar-refractivity contribution in [3.63, 3.8) is 0 Å². The molecular weight excluding hydrogens is 286 g/mol. The largest absolute Gasteiger partial charge is 0.504 e. The highest BCUT2D eigenvalue weighted by Gasteiger charge is 2.58. The van der Waals surface area contributed by atoms with E-state index in [9.17, 15) is 9.59 Å². The molecule has 6 heteroatoms. The summed E-state index contributed by atoms with van der Waals surface area (Å²) in [5.74, 6) is -0.738. The van der Waals surface area contributed by atoms with Crippen LogP contribution in [-0.4, -0.2) is 55.8 Å². The van der Waals surface area contributed by atoms with Gasteiger partial charge in [0.1, 0.15) is 6.04 Å². The maximum absolute atomic E-state index is 12.5. The molecule has 3 rings (SSSR count). The standard InChI is InChI=1S/C16H23NO5/c1-3-21-15(18)12-11-6-8-22-16(19)14(11)17-7-4-5-10(9-20-2)13(12)17/h9,11-14H,3-8H2,1-2H3/b10-9+/t11-,12-,13-,14+/m0/s1. The normalized spacial score (nSPS) is 36.5. The smallest absolute Gasteiger partial charge is 0.323 e. The summed E-state index contributed by atoms with van der Waals surface area (Å²) < 4.78 is 15.7. The first-order valence-electron chi connectivity index (χ1n) is 7.99. The lowest BCUT2D eigenvalue weighted by Gasteiger charge is -2.36. The Morgan fingerprint density at radius 2 is 2.27 bits per heavy atom. The van der Waals surface area contributed by atoms with Gasteiger partial charge in [0.05, 0.1) is 32.5 Å². The molecule has 3 saturated heterocycles. The van der Waals surface area contributed by atoms with E-state index in [0.717, 1.165) is 25.0 Å². The summed E-state index contributed by atoms with van der Waals surface area (Å²) in [6.07, 6.45) is 4.29. The van der Waals surface area contributed by atoms with Gasteiger partial charge < -0.3 is 14.2 Å². The molecule has 0 saturated carbocycles. The Morgan fingerprint density at radius 1 is 1.45 bits per heavy atom. The monoisotopic (exact) mass is 309 g/mol. The maximum Gasteiger partial charge on any atom is 0.323 e. The second kappa shape index (κ2) is 6.28. The van der Waals surface area contributed by atoms with Crippen LogP contribution in [0, 0.1) is 11.8 Å². The van der Waals surface area contributed by atoms with E-state index in [-0.39, 0.29) is 35.9 Å². The molecule has 0 aromatic heterocycles. The second-order valence-electron chi connectivity index (χ2n) is 6.06. The van der Waals surface area contributed by atoms with Crippen LogP contribution in [0.4, 0.5) is 0 Å². The molecule has 0 aromatic carbocycles. The van der Waals surface area contributed by atoms with E-state index in [1.165, 1.54) is 0 Å². The number of methoxy groups -OCH3 is 1. The SMILES string of the molecule is CCOC(=O)[C@H]1[C@@H]2CCOC(=O)[C@@H]2N2CCC/C(=C\OC)[C@@H]12. The van der Waals surface area contributed by atoms with Gasteiger partial charge in [-0.3, -0.25) is 14.5 Å². The van der Waals surface area contributed by atoms with Crippen LogP contribution in [-0.2, 0) is 23.8 Å². The fraction of sp³-hybridized carbons (Fsp3) is 0.750. The second-order valence-corrected chi connectivity index (χ2v) is 6.06. The van der Waals surface area contributed by atoms with Crippen molar-refractivity contribution in [1.82, 2.24) is 4.90 Å². The number of hydrogen-bond acceptors (Lipinski definition) is 6. The first kappa shape index (κ1) is 15.3. The van der Waals surface area contributed by atoms with E-state index in [1.54, 1.807) is 13.4 Å². The molecule has 3 aliphatic heterocycles. The Kier molecular flexibility index (Phi) is 4.38. The lowest BCUT2D eigenvalue weighted by Crippen LogP contribution is -2.48. The Morgan fingerprint density at radius 3 is 3.00 bits per heavy atom. The molecule has 0 N–H and O–H groups in total. The van der Waals surface area contributed by atoms with Gasteiger partial charge in [0.15, 0.2) is 0 Å². The zero-order valence-corrected chi connectivity index (χ0v) is 13.1. The van der Waals surface area contributed by atoms with Gasteiger partial charge in [0.2, 0.25) is 0 Å². The molecule has 0 aromatic rings. The molecule has 0 unspecified atom stereocenters. The first-order valence-corrected chi connectivity index (χ1v) is 7.99. The van der Waals surface area contributed by atoms with Gasteiger partial charge in [0.25, 0.3) is 0 Å². The quantitative estimate of drug-likeness (QED) is 0.575. The van der Waals surface area contributed by atoms with E-state index >= 15 is 0 Å². The van der Waals surface area contributed by atoms with Crippen LogP contribution >= 0.6 is 0 Å². The minimum Gasteiger partial charge on any atom is -0.504 e. The lowest BCUT2D eigenvalue weighted by molar-refractivity contribution is -0.157. The number of carbonyl (C=O) groups is 2. The molecule has 0 radical (unpaired) electrons. The maximum atomic E-state index is 12.5. The van der Waals surface area contributed by atoms with E-state index in [0.29, 0.717) is 19.6 Å². The van der Waals surface area contributed by atoms with Gasteiger partial charge in [-0.25, -0.2) is 0 Å². The highest BCUT2D eigenvalue weighted by atomic mass is 16.5. The fourth-order valence-electron chi connectivity index (χ4n) is 4.24. The minimum atomic E-state index is -0.325. The Balaban J connectivity index is 1.98. The van der Waals surface area contributed by atoms with Crippen molar-refractivity contribution in [3.8, 4) is 0 Å². The van der Waals surface area contributed by atoms with Gasteiger partial charge in [-0.2, -0.15) is 0 Å². The van der Waals surface area contributed by atoms with Gasteiger partial charge >= 0.3 is 11.9 Å². The van der Waals surface area contributed by atoms with Crippen molar-refractivity contribution in [2.75, 3.05) is 26.9 Å². The van der Waals surface area contributed by atoms with E-state index in [1.807, 2.05) is 6.92 Å². The number of cyclic esters (lactones) is 1. The third-order valence-corrected chi connectivity index (χ3v) is 4.95. The molecule has 0 bridgehead atoms. The Labute approximate surface area is 130 Å². The summed E-state index contributed by atoms with van der Waals surface area (Å²) in [4.78, 5) is 26.9. The number of nitrogens with zero attached hydrogens (tertiary/aromatic N) is 1. The van der Waals surface area contributed by atoms with Crippen molar-refractivity contribution >= 4 is 11.9 Å². The van der Waals surface area contributed by atoms with E-state index < -0.39 is 0 Å². The Bertz CT molecular complexity index is 489. The van der Waals surface area contributed by atoms with Crippen LogP contribution in [0.2, 0.25) is 0 Å². The first-order chi connectivity index (χ1) is 10.7. The zero-order chi connectivity index (χ0) is 15.7. The molecule has 3 fully saturated rings. The molecular formula is C16H23NO5. The molecule has 0 amide bonds. The molecule has 0 spiro atoms. The van der Waals surface area contributed by atoms with Crippen molar-refractivity contribution in [2.24, 2.45) is 11.8 Å². The third-order valence-electron chi connectivity index (χ3n) is 4.95. The average molecular weight is 309 g/mol. The number of piperidine rings is 1. The number of hydrogen-bond donors (Lipinski definition) is 0. The fourth-order valence-corrected chi connectivity index (χ4v) is 4.24. The molecule has 4 atom stereocenters. The number of fused-ring (bicyclic) bond motifs is 3. The molecule has 6 nitrogen and oxygen atoms in total. The number of ether oxygens (including phenoxy) is 3. The summed E-state index contributed by atoms with van der Waals surface area (Å²) >= 11 is 0. The van der Waals surface area contributed by atoms with E-state index in [2.05, 4.69) is 4.90 Å². The predicted molar refractivity (Wildman–Crippen MR) is 77.8 cm³/mol. The van der Waals surface area contributed by atoms with Crippen LogP contribution in [0.3, 0.4) is 0 Å². The summed E-state index contributed by atoms with van der Waals surface area (Å²) in [5, 5.41) is 0. The topological polar surface area (TPSA) is 65.1 Å². The molecule has 3 heterocycles. The van der Waals surface area contributed by atoms with Crippen LogP contribution < -0.4 is 0 Å². The van der Waals surface area contributed by atoms with Crippen molar-refractivity contribution < 1.29 is 23.8 Å². The van der Waals surface area contributed by atoms with Gasteiger partial charge in [0, 0.05) is 12.0 Å². The summed E-state index contributed by atoms with van der Waals surface area (Å²) in [6, 6.07) is -0.429. The van der Waals surface area contributed by atoms with Crippen molar-refractivity contribution in [3.05, 3.63) is 11.8 Å². The van der Waals surface area contributed by atoms with Crippen molar-refractivity contribution in [1.29, 1.82) is 0 Å². The van der Waals surface area contributed by atoms with Crippen LogP contribution in [0.5, 0.6) is 0 Å². The molecule has 122 valence electrons. The van der Waals surface area contributed by atoms with Gasteiger partial charge in [-0.05, 0) is 38.3 Å². The summed E-state index contributed by atoms with van der Waals surface area (Å²) in [5.41, 5.74) is 1.08. The van der Waals surface area contributed by atoms with Crippen molar-refractivity contribution in [2.45, 2.75) is 38.3 Å². The zero-order valence-electron chi connectivity index (χ0n) is 13.1. The predicted octanol–water partition coefficient (Wildman–Crippen LogP) is 1.11. The van der Waals surface area contributed by atoms with Crippen LogP contribution in [0.15, 0.2) is 11.8 Å². The van der Waals surface area contributed by atoms with Crippen LogP contribution in [0.25, 0.3) is 0 Å². The molecule has 22 heavy (non-hydrogen) atoms. The number of rotatable bonds is 3. The Hall–Kier alpha value is -1.56. The van der Waals surface area contributed by atoms with Crippen LogP contribution in [0.1, 0.15) is 26.2 Å². The number of esters is 2. The van der Waals surface area contributed by atoms with E-state index in [4.69, 9.17) is 14.2 Å². The molecule has 3 aliphatic rings. The lowest BCUT2D eigenvalue weighted by atomic mass is 9.81. The highest BCUT2D eigenvalue weighted by molar-refractivity contribution is 5.82. The number of carbonyl (C=O) groups excluding carboxylic acids is 2. The van der Waals surface area contributed by atoms with Gasteiger partial charge in [-0.15, -0.1) is 0 Å². The third kappa shape index (κ3) is 2.39. The minimum absolute atomic E-state index is 0.0244. The summed E-state index contributed by atoms with van der Waals surface area (Å²) in [6.45, 7) is 3.36. The van der Waals surface area contributed by atoms with Gasteiger partial charge in [-0.1, -0.05) is 0 Å². The molecule has 0 aliphatic carbocycles.